The number of likely N-dealkylation sites (tertiary alicyclic amines) is 1. The molecular weight excluding hydrogens is 570 g/mol. The van der Waals surface area contributed by atoms with Crippen molar-refractivity contribution in [2.24, 2.45) is 16.8 Å². The molecule has 3 aromatic rings. The molecule has 3 atom stereocenters. The van der Waals surface area contributed by atoms with E-state index in [9.17, 15) is 37.5 Å². The SMILES string of the molecule is NC(=O)N1C(=O)C2Sc3c(sc(=O)n3CC(=O)Nc3ccc(S(N)(=O)=O)cc3)[C@@H](c3ccc(O)cc3)C2C1=O. The van der Waals surface area contributed by atoms with Crippen LogP contribution < -0.4 is 21.1 Å². The van der Waals surface area contributed by atoms with Gasteiger partial charge in [-0.25, -0.2) is 18.4 Å². The number of anilines is 1. The number of phenolic OH excluding ortho intramolecular Hbond substituents is 1. The zero-order chi connectivity index (χ0) is 28.2. The van der Waals surface area contributed by atoms with Gasteiger partial charge in [0.15, 0.2) is 0 Å². The number of aromatic nitrogens is 1. The van der Waals surface area contributed by atoms with Crippen LogP contribution in [0.1, 0.15) is 16.4 Å². The summed E-state index contributed by atoms with van der Waals surface area (Å²) in [6.45, 7) is -0.448. The van der Waals surface area contributed by atoms with Gasteiger partial charge in [-0.05, 0) is 42.0 Å². The largest absolute Gasteiger partial charge is 0.508 e. The van der Waals surface area contributed by atoms with Gasteiger partial charge < -0.3 is 16.2 Å². The Labute approximate surface area is 228 Å². The number of thiazole rings is 1. The highest BCUT2D eigenvalue weighted by atomic mass is 32.2. The smallest absolute Gasteiger partial charge is 0.328 e. The van der Waals surface area contributed by atoms with Crippen LogP contribution in [0.15, 0.2) is 63.2 Å². The average molecular weight is 590 g/mol. The highest BCUT2D eigenvalue weighted by molar-refractivity contribution is 8.00. The molecule has 1 fully saturated rings. The number of urea groups is 1. The summed E-state index contributed by atoms with van der Waals surface area (Å²) in [6.07, 6.45) is 0. The van der Waals surface area contributed by atoms with Gasteiger partial charge in [-0.1, -0.05) is 35.2 Å². The molecule has 3 heterocycles. The second kappa shape index (κ2) is 9.64. The van der Waals surface area contributed by atoms with Crippen molar-refractivity contribution >= 4 is 62.6 Å². The molecule has 202 valence electrons. The highest BCUT2D eigenvalue weighted by Crippen LogP contribution is 2.53. The molecule has 0 spiro atoms. The molecule has 5 rings (SSSR count). The molecule has 0 saturated carbocycles. The molecule has 2 aliphatic heterocycles. The monoisotopic (exact) mass is 589 g/mol. The number of primary sulfonamides is 1. The van der Waals surface area contributed by atoms with Crippen molar-refractivity contribution < 1.29 is 32.7 Å². The Kier molecular flexibility index (Phi) is 6.58. The Hall–Kier alpha value is -3.99. The third-order valence-electron chi connectivity index (χ3n) is 6.29. The number of benzene rings is 2. The van der Waals surface area contributed by atoms with Gasteiger partial charge in [0.1, 0.15) is 17.5 Å². The number of phenols is 1. The van der Waals surface area contributed by atoms with E-state index in [0.29, 0.717) is 15.3 Å². The van der Waals surface area contributed by atoms with Gasteiger partial charge in [0.25, 0.3) is 5.91 Å². The Morgan fingerprint density at radius 1 is 1.00 bits per heavy atom. The van der Waals surface area contributed by atoms with Crippen LogP contribution in [-0.4, -0.2) is 52.0 Å². The van der Waals surface area contributed by atoms with E-state index in [-0.39, 0.29) is 21.4 Å². The first-order chi connectivity index (χ1) is 18.4. The molecule has 0 bridgehead atoms. The third kappa shape index (κ3) is 4.71. The number of imide groups is 3. The topological polar surface area (TPSA) is 212 Å². The van der Waals surface area contributed by atoms with E-state index >= 15 is 0 Å². The number of sulfonamides is 1. The zero-order valence-corrected chi connectivity index (χ0v) is 22.1. The number of nitrogens with one attached hydrogen (secondary N) is 1. The van der Waals surface area contributed by atoms with Gasteiger partial charge in [-0.2, -0.15) is 4.90 Å². The van der Waals surface area contributed by atoms with Crippen LogP contribution in [0, 0.1) is 5.92 Å². The maximum Gasteiger partial charge on any atom is 0.328 e. The van der Waals surface area contributed by atoms with Crippen molar-refractivity contribution in [3.63, 3.8) is 0 Å². The zero-order valence-electron chi connectivity index (χ0n) is 19.6. The van der Waals surface area contributed by atoms with E-state index in [1.54, 1.807) is 12.1 Å². The molecule has 0 aliphatic carbocycles. The Morgan fingerprint density at radius 3 is 2.23 bits per heavy atom. The summed E-state index contributed by atoms with van der Waals surface area (Å²) >= 11 is 1.71. The van der Waals surface area contributed by atoms with Gasteiger partial charge in [0.2, 0.25) is 21.8 Å². The number of fused-ring (bicyclic) bond motifs is 2. The predicted molar refractivity (Wildman–Crippen MR) is 140 cm³/mol. The summed E-state index contributed by atoms with van der Waals surface area (Å²) in [6, 6.07) is 9.79. The number of amides is 5. The predicted octanol–water partition coefficient (Wildman–Crippen LogP) is 0.571. The number of carbonyl (C=O) groups is 4. The molecule has 39 heavy (non-hydrogen) atoms. The lowest BCUT2D eigenvalue weighted by atomic mass is 9.83. The van der Waals surface area contributed by atoms with Gasteiger partial charge in [-0.3, -0.25) is 23.7 Å². The molecule has 1 saturated heterocycles. The fourth-order valence-corrected chi connectivity index (χ4v) is 7.87. The second-order valence-corrected chi connectivity index (χ2v) is 12.4. The molecule has 2 unspecified atom stereocenters. The minimum atomic E-state index is -3.92. The van der Waals surface area contributed by atoms with Crippen molar-refractivity contribution in [2.75, 3.05) is 5.32 Å². The molecule has 5 amide bonds. The van der Waals surface area contributed by atoms with Crippen LogP contribution in [0.25, 0.3) is 0 Å². The highest BCUT2D eigenvalue weighted by Gasteiger charge is 2.57. The van der Waals surface area contributed by atoms with Gasteiger partial charge in [0.05, 0.1) is 15.8 Å². The number of nitrogens with two attached hydrogens (primary N) is 2. The summed E-state index contributed by atoms with van der Waals surface area (Å²) < 4.78 is 24.1. The van der Waals surface area contributed by atoms with Crippen molar-refractivity contribution in [3.8, 4) is 5.75 Å². The van der Waals surface area contributed by atoms with Gasteiger partial charge in [-0.15, -0.1) is 0 Å². The number of rotatable bonds is 5. The molecule has 1 aromatic heterocycles. The van der Waals surface area contributed by atoms with E-state index in [2.05, 4.69) is 5.32 Å². The van der Waals surface area contributed by atoms with Crippen molar-refractivity contribution in [2.45, 2.75) is 27.6 Å². The minimum Gasteiger partial charge on any atom is -0.508 e. The summed E-state index contributed by atoms with van der Waals surface area (Å²) in [5.41, 5.74) is 6.08. The van der Waals surface area contributed by atoms with Crippen LogP contribution in [-0.2, 0) is 31.0 Å². The Morgan fingerprint density at radius 2 is 1.64 bits per heavy atom. The summed E-state index contributed by atoms with van der Waals surface area (Å²) in [4.78, 5) is 64.2. The third-order valence-corrected chi connectivity index (χ3v) is 9.82. The molecular formula is C23H19N5O8S3. The van der Waals surface area contributed by atoms with Crippen molar-refractivity contribution in [1.29, 1.82) is 0 Å². The Balaban J connectivity index is 1.51. The number of primary amides is 1. The standard InChI is InChI=1S/C23H19N5O8S3/c24-22(33)28-19(31)16-15(10-1-5-12(29)6-2-10)18-21(37-17(16)20(28)32)27(23(34)38-18)9-14(30)26-11-3-7-13(8-4-11)39(25,35)36/h1-8,15-17,29H,9H2,(H2,24,33)(H,26,30)(H2,25,35,36)/t15-,16?,17?/m0/s1. The van der Waals surface area contributed by atoms with E-state index in [1.165, 1.54) is 41.0 Å². The number of hydrogen-bond donors (Lipinski definition) is 4. The minimum absolute atomic E-state index is 0.0344. The normalized spacial score (nSPS) is 20.4. The van der Waals surface area contributed by atoms with Crippen LogP contribution in [0.3, 0.4) is 0 Å². The summed E-state index contributed by atoms with van der Waals surface area (Å²) in [5, 5.41) is 16.6. The second-order valence-electron chi connectivity index (χ2n) is 8.72. The van der Waals surface area contributed by atoms with Crippen LogP contribution >= 0.6 is 23.1 Å². The maximum absolute atomic E-state index is 13.2. The maximum atomic E-state index is 13.2. The van der Waals surface area contributed by atoms with E-state index in [0.717, 1.165) is 23.1 Å². The first-order valence-electron chi connectivity index (χ1n) is 11.2. The lowest BCUT2D eigenvalue weighted by Gasteiger charge is -2.30. The van der Waals surface area contributed by atoms with Gasteiger partial charge in [0, 0.05) is 16.5 Å². The lowest BCUT2D eigenvalue weighted by molar-refractivity contribution is -0.135. The van der Waals surface area contributed by atoms with Crippen LogP contribution in [0.4, 0.5) is 10.5 Å². The molecule has 6 N–H and O–H groups in total. The van der Waals surface area contributed by atoms with E-state index in [1.807, 2.05) is 0 Å². The Bertz CT molecular complexity index is 1700. The van der Waals surface area contributed by atoms with Crippen LogP contribution in [0.2, 0.25) is 0 Å². The first-order valence-corrected chi connectivity index (χ1v) is 14.4. The molecule has 2 aliphatic rings. The fraction of sp³-hybridized carbons (Fsp3) is 0.174. The van der Waals surface area contributed by atoms with E-state index in [4.69, 9.17) is 10.9 Å². The number of nitrogens with zero attached hydrogens (tertiary/aromatic N) is 2. The summed E-state index contributed by atoms with van der Waals surface area (Å²) in [7, 11) is -3.92. The quantitative estimate of drug-likeness (QED) is 0.306. The lowest BCUT2D eigenvalue weighted by Crippen LogP contribution is -2.41. The van der Waals surface area contributed by atoms with E-state index < -0.39 is 62.3 Å². The number of carbonyl (C=O) groups excluding carboxylic acids is 4. The molecule has 13 nitrogen and oxygen atoms in total. The molecule has 16 heteroatoms. The fourth-order valence-electron chi connectivity index (χ4n) is 4.59. The molecule has 0 radical (unpaired) electrons. The van der Waals surface area contributed by atoms with Crippen molar-refractivity contribution in [1.82, 2.24) is 9.47 Å². The van der Waals surface area contributed by atoms with Crippen LogP contribution in [0.5, 0.6) is 5.75 Å². The number of thioether (sulfide) groups is 1. The number of hydrogen-bond acceptors (Lipinski definition) is 10. The average Bonchev–Trinajstić information content (AvgIpc) is 3.30. The molecule has 2 aromatic carbocycles. The van der Waals surface area contributed by atoms with Crippen molar-refractivity contribution in [3.05, 3.63) is 68.6 Å². The first kappa shape index (κ1) is 26.6. The number of aromatic hydroxyl groups is 1. The summed E-state index contributed by atoms with van der Waals surface area (Å²) in [5.74, 6) is -4.11. The van der Waals surface area contributed by atoms with Gasteiger partial charge >= 0.3 is 10.9 Å².